The number of anilines is 2. The molecule has 0 fully saturated rings. The Morgan fingerprint density at radius 3 is 2.39 bits per heavy atom. The first-order valence-corrected chi connectivity index (χ1v) is 11.4. The minimum Gasteiger partial charge on any atom is -0.360 e. The van der Waals surface area contributed by atoms with Crippen LogP contribution in [0.15, 0.2) is 77.3 Å². The lowest BCUT2D eigenvalue weighted by molar-refractivity contribution is -0.115. The molecule has 1 atom stereocenters. The van der Waals surface area contributed by atoms with Crippen molar-refractivity contribution < 1.29 is 14.1 Å². The smallest absolute Gasteiger partial charge is 0.238 e. The zero-order valence-corrected chi connectivity index (χ0v) is 19.0. The van der Waals surface area contributed by atoms with E-state index in [9.17, 15) is 9.59 Å². The highest BCUT2D eigenvalue weighted by atomic mass is 32.2. The number of nitrogens with one attached hydrogen (secondary N) is 2. The predicted molar refractivity (Wildman–Crippen MR) is 129 cm³/mol. The zero-order valence-electron chi connectivity index (χ0n) is 18.2. The van der Waals surface area contributed by atoms with Crippen molar-refractivity contribution in [1.29, 1.82) is 0 Å². The molecule has 0 bridgehead atoms. The van der Waals surface area contributed by atoms with Crippen molar-refractivity contribution in [3.63, 3.8) is 0 Å². The van der Waals surface area contributed by atoms with Gasteiger partial charge in [0.05, 0.1) is 22.4 Å². The fraction of sp³-hybridized carbons (Fsp3) is 0.167. The predicted octanol–water partition coefficient (Wildman–Crippen LogP) is 4.53. The Kier molecular flexibility index (Phi) is 6.89. The summed E-state index contributed by atoms with van der Waals surface area (Å²) < 4.78 is 6.65. The van der Waals surface area contributed by atoms with E-state index in [0.717, 1.165) is 16.9 Å². The summed E-state index contributed by atoms with van der Waals surface area (Å²) >= 11 is 1.23. The van der Waals surface area contributed by atoms with E-state index in [-0.39, 0.29) is 17.6 Å². The number of para-hydroxylation sites is 1. The van der Waals surface area contributed by atoms with Gasteiger partial charge >= 0.3 is 0 Å². The van der Waals surface area contributed by atoms with E-state index in [1.807, 2.05) is 66.7 Å². The fourth-order valence-electron chi connectivity index (χ4n) is 3.09. The highest BCUT2D eigenvalue weighted by Gasteiger charge is 2.18. The molecule has 2 aromatic heterocycles. The number of benzene rings is 2. The van der Waals surface area contributed by atoms with Gasteiger partial charge in [-0.15, -0.1) is 11.8 Å². The second-order valence-electron chi connectivity index (χ2n) is 7.34. The lowest BCUT2D eigenvalue weighted by Gasteiger charge is -2.11. The molecule has 1 unspecified atom stereocenters. The molecule has 168 valence electrons. The minimum atomic E-state index is -0.452. The van der Waals surface area contributed by atoms with Gasteiger partial charge in [0.1, 0.15) is 11.6 Å². The monoisotopic (exact) mass is 461 g/mol. The van der Waals surface area contributed by atoms with Crippen LogP contribution in [0.2, 0.25) is 0 Å². The average molecular weight is 462 g/mol. The van der Waals surface area contributed by atoms with E-state index in [1.54, 1.807) is 24.6 Å². The maximum absolute atomic E-state index is 12.7. The first-order valence-electron chi connectivity index (χ1n) is 10.4. The van der Waals surface area contributed by atoms with Gasteiger partial charge in [-0.25, -0.2) is 4.68 Å². The highest BCUT2D eigenvalue weighted by Crippen LogP contribution is 2.25. The molecule has 2 N–H and O–H groups in total. The van der Waals surface area contributed by atoms with Gasteiger partial charge in [-0.3, -0.25) is 9.59 Å². The summed E-state index contributed by atoms with van der Waals surface area (Å²) in [5, 5.41) is 13.6. The molecule has 33 heavy (non-hydrogen) atoms. The molecule has 4 aromatic rings. The molecule has 2 amide bonds. The zero-order chi connectivity index (χ0) is 23.2. The molecule has 4 rings (SSSR count). The van der Waals surface area contributed by atoms with Crippen LogP contribution in [-0.4, -0.2) is 37.8 Å². The Labute approximate surface area is 195 Å². The van der Waals surface area contributed by atoms with Crippen LogP contribution in [-0.2, 0) is 9.59 Å². The normalized spacial score (nSPS) is 11.7. The summed E-state index contributed by atoms with van der Waals surface area (Å²) in [6.07, 6.45) is 0. The van der Waals surface area contributed by atoms with E-state index in [2.05, 4.69) is 15.8 Å². The number of rotatable bonds is 8. The molecule has 9 heteroatoms. The van der Waals surface area contributed by atoms with Gasteiger partial charge in [0.15, 0.2) is 5.82 Å². The van der Waals surface area contributed by atoms with E-state index >= 15 is 0 Å². The number of carbonyl (C=O) groups excluding carboxylic acids is 2. The Balaban J connectivity index is 1.43. The van der Waals surface area contributed by atoms with Gasteiger partial charge in [-0.1, -0.05) is 53.7 Å². The first-order chi connectivity index (χ1) is 16.0. The third kappa shape index (κ3) is 5.69. The molecular weight excluding hydrogens is 438 g/mol. The SMILES string of the molecule is Cc1cc(NC(=O)C(C)SCC(=O)Nc2cc(-c3ccccc3)nn2-c2ccccc2)no1. The fourth-order valence-corrected chi connectivity index (χ4v) is 3.78. The van der Waals surface area contributed by atoms with Crippen LogP contribution < -0.4 is 10.6 Å². The summed E-state index contributed by atoms with van der Waals surface area (Å²) in [4.78, 5) is 25.0. The van der Waals surface area contributed by atoms with E-state index in [1.165, 1.54) is 11.8 Å². The molecule has 8 nitrogen and oxygen atoms in total. The molecule has 0 radical (unpaired) electrons. The molecule has 0 saturated heterocycles. The summed E-state index contributed by atoms with van der Waals surface area (Å²) in [6.45, 7) is 3.48. The lowest BCUT2D eigenvalue weighted by Crippen LogP contribution is -2.25. The third-order valence-electron chi connectivity index (χ3n) is 4.76. The highest BCUT2D eigenvalue weighted by molar-refractivity contribution is 8.01. The van der Waals surface area contributed by atoms with Crippen LogP contribution in [0.1, 0.15) is 12.7 Å². The van der Waals surface area contributed by atoms with Gasteiger partial charge in [0.2, 0.25) is 11.8 Å². The summed E-state index contributed by atoms with van der Waals surface area (Å²) in [5.41, 5.74) is 2.53. The Hall–Kier alpha value is -3.85. The van der Waals surface area contributed by atoms with Crippen LogP contribution >= 0.6 is 11.8 Å². The van der Waals surface area contributed by atoms with Crippen molar-refractivity contribution >= 4 is 35.2 Å². The molecule has 0 saturated carbocycles. The van der Waals surface area contributed by atoms with Gasteiger partial charge in [-0.2, -0.15) is 5.10 Å². The third-order valence-corrected chi connectivity index (χ3v) is 5.90. The Bertz CT molecular complexity index is 1240. The van der Waals surface area contributed by atoms with Crippen LogP contribution in [0.25, 0.3) is 16.9 Å². The first kappa shape index (κ1) is 22.3. The van der Waals surface area contributed by atoms with Gasteiger partial charge in [-0.05, 0) is 26.0 Å². The number of nitrogens with zero attached hydrogens (tertiary/aromatic N) is 3. The van der Waals surface area contributed by atoms with Crippen LogP contribution in [0, 0.1) is 6.92 Å². The molecule has 2 heterocycles. The summed E-state index contributed by atoms with van der Waals surface area (Å²) in [7, 11) is 0. The summed E-state index contributed by atoms with van der Waals surface area (Å²) in [6, 6.07) is 22.8. The standard InChI is InChI=1S/C24H23N5O3S/c1-16-13-21(28-32-16)25-24(31)17(2)33-15-23(30)26-22-14-20(18-9-5-3-6-10-18)27-29(22)19-11-7-4-8-12-19/h3-14,17H,15H2,1-2H3,(H,26,30)(H,25,28,31). The van der Waals surface area contributed by atoms with Crippen molar-refractivity contribution in [3.05, 3.63) is 78.6 Å². The van der Waals surface area contributed by atoms with Crippen molar-refractivity contribution in [1.82, 2.24) is 14.9 Å². The van der Waals surface area contributed by atoms with E-state index in [0.29, 0.717) is 17.4 Å². The minimum absolute atomic E-state index is 0.104. The largest absolute Gasteiger partial charge is 0.360 e. The van der Waals surface area contributed by atoms with Gasteiger partial charge in [0, 0.05) is 17.7 Å². The van der Waals surface area contributed by atoms with Crippen LogP contribution in [0.3, 0.4) is 0 Å². The Morgan fingerprint density at radius 2 is 1.73 bits per heavy atom. The average Bonchev–Trinajstić information content (AvgIpc) is 3.44. The quantitative estimate of drug-likeness (QED) is 0.400. The number of hydrogen-bond donors (Lipinski definition) is 2. The lowest BCUT2D eigenvalue weighted by atomic mass is 10.2. The molecular formula is C24H23N5O3S. The molecule has 0 spiro atoms. The maximum Gasteiger partial charge on any atom is 0.238 e. The number of thioether (sulfide) groups is 1. The number of carbonyl (C=O) groups is 2. The number of amides is 2. The van der Waals surface area contributed by atoms with E-state index in [4.69, 9.17) is 9.62 Å². The number of aryl methyl sites for hydroxylation is 1. The van der Waals surface area contributed by atoms with Crippen molar-refractivity contribution in [2.75, 3.05) is 16.4 Å². The van der Waals surface area contributed by atoms with Crippen molar-refractivity contribution in [3.8, 4) is 16.9 Å². The van der Waals surface area contributed by atoms with Crippen LogP contribution in [0.4, 0.5) is 11.6 Å². The molecule has 0 aliphatic carbocycles. The van der Waals surface area contributed by atoms with Crippen LogP contribution in [0.5, 0.6) is 0 Å². The van der Waals surface area contributed by atoms with Gasteiger partial charge < -0.3 is 15.2 Å². The molecule has 2 aromatic carbocycles. The van der Waals surface area contributed by atoms with Crippen molar-refractivity contribution in [2.45, 2.75) is 19.1 Å². The topological polar surface area (TPSA) is 102 Å². The number of hydrogen-bond acceptors (Lipinski definition) is 6. The number of aromatic nitrogens is 3. The maximum atomic E-state index is 12.7. The Morgan fingerprint density at radius 1 is 1.03 bits per heavy atom. The second-order valence-corrected chi connectivity index (χ2v) is 8.67. The van der Waals surface area contributed by atoms with Crippen molar-refractivity contribution in [2.24, 2.45) is 0 Å². The van der Waals surface area contributed by atoms with Gasteiger partial charge in [0.25, 0.3) is 0 Å². The summed E-state index contributed by atoms with van der Waals surface area (Å²) in [5.74, 6) is 1.15. The molecule has 0 aliphatic heterocycles. The second kappa shape index (κ2) is 10.2. The molecule has 0 aliphatic rings. The van der Waals surface area contributed by atoms with E-state index < -0.39 is 5.25 Å².